The molecular weight excluding hydrogens is 438 g/mol. The Labute approximate surface area is 201 Å². The van der Waals surface area contributed by atoms with E-state index in [0.29, 0.717) is 45.4 Å². The monoisotopic (exact) mass is 475 g/mol. The van der Waals surface area contributed by atoms with Crippen LogP contribution in [0.1, 0.15) is 24.1 Å². The Hall–Kier alpha value is -2.07. The van der Waals surface area contributed by atoms with Gasteiger partial charge in [0.2, 0.25) is 0 Å². The second kappa shape index (κ2) is 12.6. The second-order valence-electron chi connectivity index (χ2n) is 9.11. The first-order chi connectivity index (χ1) is 16.7. The van der Waals surface area contributed by atoms with Crippen molar-refractivity contribution in [3.05, 3.63) is 11.3 Å². The first-order valence-corrected chi connectivity index (χ1v) is 12.3. The minimum absolute atomic E-state index is 0.0310. The summed E-state index contributed by atoms with van der Waals surface area (Å²) < 4.78 is 17.3. The molecular formula is C23H37N7O4. The number of aliphatic hydroxyl groups is 1. The van der Waals surface area contributed by atoms with E-state index < -0.39 is 0 Å². The van der Waals surface area contributed by atoms with Crippen molar-refractivity contribution in [1.29, 1.82) is 5.26 Å². The minimum Gasteiger partial charge on any atom is -0.462 e. The van der Waals surface area contributed by atoms with Crippen molar-refractivity contribution >= 4 is 5.82 Å². The highest BCUT2D eigenvalue weighted by Crippen LogP contribution is 2.28. The van der Waals surface area contributed by atoms with Gasteiger partial charge < -0.3 is 34.9 Å². The summed E-state index contributed by atoms with van der Waals surface area (Å²) in [5, 5.41) is 24.7. The number of anilines is 1. The van der Waals surface area contributed by atoms with Crippen LogP contribution in [0.3, 0.4) is 0 Å². The van der Waals surface area contributed by atoms with Crippen molar-refractivity contribution in [2.45, 2.75) is 44.0 Å². The van der Waals surface area contributed by atoms with Crippen LogP contribution >= 0.6 is 0 Å². The van der Waals surface area contributed by atoms with Crippen LogP contribution in [0.2, 0.25) is 0 Å². The number of piperazine rings is 1. The molecule has 34 heavy (non-hydrogen) atoms. The van der Waals surface area contributed by atoms with Gasteiger partial charge in [-0.15, -0.1) is 0 Å². The normalized spacial score (nSPS) is 25.2. The molecule has 0 radical (unpaired) electrons. The number of ether oxygens (including phenoxy) is 3. The number of nitriles is 1. The third-order valence-electron chi connectivity index (χ3n) is 6.66. The molecule has 4 rings (SSSR count). The molecule has 1 aromatic rings. The molecule has 188 valence electrons. The van der Waals surface area contributed by atoms with Gasteiger partial charge in [0, 0.05) is 50.4 Å². The molecule has 0 bridgehead atoms. The third-order valence-corrected chi connectivity index (χ3v) is 6.66. The van der Waals surface area contributed by atoms with Crippen molar-refractivity contribution in [2.75, 3.05) is 77.7 Å². The van der Waals surface area contributed by atoms with Crippen LogP contribution in [0.15, 0.2) is 0 Å². The fraction of sp³-hybridized carbons (Fsp3) is 0.783. The Morgan fingerprint density at radius 2 is 2.12 bits per heavy atom. The molecule has 3 N–H and O–H groups in total. The summed E-state index contributed by atoms with van der Waals surface area (Å²) in [6.45, 7) is 6.80. The van der Waals surface area contributed by atoms with Crippen molar-refractivity contribution in [3.63, 3.8) is 0 Å². The lowest BCUT2D eigenvalue weighted by Crippen LogP contribution is -2.51. The zero-order valence-electron chi connectivity index (χ0n) is 20.0. The molecule has 3 atom stereocenters. The number of aromatic nitrogens is 2. The van der Waals surface area contributed by atoms with Crippen molar-refractivity contribution in [3.8, 4) is 12.1 Å². The smallest absolute Gasteiger partial charge is 0.318 e. The summed E-state index contributed by atoms with van der Waals surface area (Å²) in [5.41, 5.74) is 2.20. The Bertz CT molecular complexity index is 836. The van der Waals surface area contributed by atoms with E-state index in [1.54, 1.807) is 0 Å². The first-order valence-electron chi connectivity index (χ1n) is 12.3. The number of rotatable bonds is 11. The van der Waals surface area contributed by atoms with Gasteiger partial charge in [-0.3, -0.25) is 4.90 Å². The first kappa shape index (κ1) is 25.0. The molecule has 2 fully saturated rings. The predicted octanol–water partition coefficient (Wildman–Crippen LogP) is -0.709. The molecule has 0 aliphatic carbocycles. The molecule has 2 saturated heterocycles. The van der Waals surface area contributed by atoms with E-state index in [4.69, 9.17) is 34.5 Å². The van der Waals surface area contributed by atoms with Gasteiger partial charge in [-0.1, -0.05) is 0 Å². The quantitative estimate of drug-likeness (QED) is 0.351. The molecule has 3 aliphatic heterocycles. The fourth-order valence-electron chi connectivity index (χ4n) is 4.86. The number of likely N-dealkylation sites (tertiary alicyclic amines) is 1. The highest BCUT2D eigenvalue weighted by molar-refractivity contribution is 5.51. The lowest BCUT2D eigenvalue weighted by Gasteiger charge is -2.35. The summed E-state index contributed by atoms with van der Waals surface area (Å²) in [6.07, 6.45) is 2.39. The molecule has 11 heteroatoms. The number of likely N-dealkylation sites (N-methyl/N-ethyl adjacent to an activating group) is 1. The lowest BCUT2D eigenvalue weighted by atomic mass is 10.1. The molecule has 0 amide bonds. The predicted molar refractivity (Wildman–Crippen MR) is 126 cm³/mol. The Balaban J connectivity index is 1.37. The number of aliphatic hydroxyl groups excluding tert-OH is 1. The molecule has 11 nitrogen and oxygen atoms in total. The maximum absolute atomic E-state index is 9.12. The van der Waals surface area contributed by atoms with Gasteiger partial charge in [0.1, 0.15) is 12.4 Å². The van der Waals surface area contributed by atoms with E-state index >= 15 is 0 Å². The standard InChI is InChI=1S/C23H37N7O4/c1-29-15-19(33-11-10-32-9-8-31)12-18(29)16-34-23-27-21-13-25-5-3-20(21)22(28-23)30-7-6-26-17(14-30)2-4-24/h17-19,25-26,31H,2-3,5-16H2,1H3/t17-,18-,19+/m0/s1. The second-order valence-corrected chi connectivity index (χ2v) is 9.11. The number of hydrogen-bond donors (Lipinski definition) is 3. The van der Waals surface area contributed by atoms with Crippen LogP contribution in [0.4, 0.5) is 5.82 Å². The van der Waals surface area contributed by atoms with Gasteiger partial charge in [0.25, 0.3) is 0 Å². The molecule has 0 aromatic carbocycles. The van der Waals surface area contributed by atoms with Crippen LogP contribution in [-0.4, -0.2) is 111 Å². The summed E-state index contributed by atoms with van der Waals surface area (Å²) >= 11 is 0. The zero-order valence-corrected chi connectivity index (χ0v) is 20.0. The fourth-order valence-corrected chi connectivity index (χ4v) is 4.86. The third kappa shape index (κ3) is 6.53. The van der Waals surface area contributed by atoms with E-state index in [1.165, 1.54) is 5.56 Å². The average Bonchev–Trinajstić information content (AvgIpc) is 3.21. The number of hydrogen-bond acceptors (Lipinski definition) is 11. The maximum atomic E-state index is 9.12. The van der Waals surface area contributed by atoms with Crippen LogP contribution in [0, 0.1) is 11.3 Å². The number of fused-ring (bicyclic) bond motifs is 1. The topological polar surface area (TPSA) is 128 Å². The van der Waals surface area contributed by atoms with Gasteiger partial charge in [-0.05, 0) is 26.4 Å². The highest BCUT2D eigenvalue weighted by atomic mass is 16.5. The van der Waals surface area contributed by atoms with Gasteiger partial charge in [-0.25, -0.2) is 0 Å². The van der Waals surface area contributed by atoms with Crippen LogP contribution < -0.4 is 20.3 Å². The molecule has 0 spiro atoms. The molecule has 0 saturated carbocycles. The summed E-state index contributed by atoms with van der Waals surface area (Å²) in [4.78, 5) is 14.1. The SMILES string of the molecule is CN1C[C@H](OCCOCCO)C[C@H]1COc1nc2c(c(N3CCN[C@@H](CC#N)C3)n1)CCNC2. The van der Waals surface area contributed by atoms with E-state index in [-0.39, 0.29) is 24.8 Å². The Kier molecular flexibility index (Phi) is 9.26. The van der Waals surface area contributed by atoms with Crippen LogP contribution in [-0.2, 0) is 22.4 Å². The van der Waals surface area contributed by atoms with Crippen molar-refractivity contribution in [2.24, 2.45) is 0 Å². The average molecular weight is 476 g/mol. The zero-order chi connectivity index (χ0) is 23.8. The van der Waals surface area contributed by atoms with E-state index in [1.807, 2.05) is 0 Å². The molecule has 3 aliphatic rings. The summed E-state index contributed by atoms with van der Waals surface area (Å²) in [6, 6.07) is 3.07. The number of nitrogens with zero attached hydrogens (tertiary/aromatic N) is 5. The summed E-state index contributed by atoms with van der Waals surface area (Å²) in [5.74, 6) is 0.954. The van der Waals surface area contributed by atoms with E-state index in [9.17, 15) is 0 Å². The maximum Gasteiger partial charge on any atom is 0.318 e. The molecule has 0 unspecified atom stereocenters. The van der Waals surface area contributed by atoms with Gasteiger partial charge in [-0.2, -0.15) is 15.2 Å². The van der Waals surface area contributed by atoms with E-state index in [0.717, 1.165) is 57.1 Å². The Morgan fingerprint density at radius 3 is 2.97 bits per heavy atom. The van der Waals surface area contributed by atoms with Gasteiger partial charge >= 0.3 is 6.01 Å². The number of nitrogens with one attached hydrogen (secondary N) is 2. The molecule has 1 aromatic heterocycles. The largest absolute Gasteiger partial charge is 0.462 e. The minimum atomic E-state index is 0.0310. The molecule has 4 heterocycles. The van der Waals surface area contributed by atoms with Gasteiger partial charge in [0.05, 0.1) is 50.7 Å². The lowest BCUT2D eigenvalue weighted by molar-refractivity contribution is 0.00184. The van der Waals surface area contributed by atoms with Crippen molar-refractivity contribution in [1.82, 2.24) is 25.5 Å². The van der Waals surface area contributed by atoms with Crippen LogP contribution in [0.25, 0.3) is 0 Å². The Morgan fingerprint density at radius 1 is 1.21 bits per heavy atom. The van der Waals surface area contributed by atoms with Crippen molar-refractivity contribution < 1.29 is 19.3 Å². The highest BCUT2D eigenvalue weighted by Gasteiger charge is 2.31. The van der Waals surface area contributed by atoms with Crippen LogP contribution in [0.5, 0.6) is 6.01 Å². The van der Waals surface area contributed by atoms with Gasteiger partial charge in [0.15, 0.2) is 0 Å². The summed E-state index contributed by atoms with van der Waals surface area (Å²) in [7, 11) is 2.08. The van der Waals surface area contributed by atoms with E-state index in [2.05, 4.69) is 33.6 Å².